The second kappa shape index (κ2) is 8.16. The number of halogens is 1. The topological polar surface area (TPSA) is 38.3 Å². The molecular weight excluding hydrogens is 354 g/mol. The van der Waals surface area contributed by atoms with Gasteiger partial charge in [0.1, 0.15) is 5.75 Å². The second-order valence-corrected chi connectivity index (χ2v) is 6.66. The molecule has 0 fully saturated rings. The summed E-state index contributed by atoms with van der Waals surface area (Å²) in [6.45, 7) is 6.60. The van der Waals surface area contributed by atoms with Crippen LogP contribution in [-0.4, -0.2) is 12.5 Å². The summed E-state index contributed by atoms with van der Waals surface area (Å²) in [4.78, 5) is 12.0. The molecule has 0 aliphatic rings. The lowest BCUT2D eigenvalue weighted by Crippen LogP contribution is -2.13. The van der Waals surface area contributed by atoms with Crippen molar-refractivity contribution >= 4 is 27.5 Å². The highest BCUT2D eigenvalue weighted by Crippen LogP contribution is 2.25. The molecule has 0 heterocycles. The molecule has 122 valence electrons. The molecule has 0 aliphatic carbocycles. The molecule has 2 aromatic rings. The van der Waals surface area contributed by atoms with E-state index in [9.17, 15) is 4.79 Å². The van der Waals surface area contributed by atoms with Crippen LogP contribution in [0.15, 0.2) is 40.9 Å². The van der Waals surface area contributed by atoms with Gasteiger partial charge in [-0.1, -0.05) is 12.1 Å². The number of hydrogen-bond donors (Lipinski definition) is 1. The minimum atomic E-state index is 0.0153. The van der Waals surface area contributed by atoms with E-state index >= 15 is 0 Å². The van der Waals surface area contributed by atoms with E-state index in [0.29, 0.717) is 19.4 Å². The third-order valence-corrected chi connectivity index (χ3v) is 4.02. The zero-order valence-electron chi connectivity index (χ0n) is 13.8. The first-order valence-corrected chi connectivity index (χ1v) is 8.50. The molecule has 1 amide bonds. The van der Waals surface area contributed by atoms with Gasteiger partial charge in [-0.05, 0) is 84.1 Å². The first-order chi connectivity index (χ1) is 10.9. The van der Waals surface area contributed by atoms with Crippen molar-refractivity contribution < 1.29 is 9.53 Å². The Hall–Kier alpha value is -1.81. The lowest BCUT2D eigenvalue weighted by molar-refractivity contribution is -0.116. The van der Waals surface area contributed by atoms with E-state index in [-0.39, 0.29) is 5.91 Å². The first-order valence-electron chi connectivity index (χ1n) is 7.71. The van der Waals surface area contributed by atoms with Crippen molar-refractivity contribution in [1.82, 2.24) is 0 Å². The highest BCUT2D eigenvalue weighted by atomic mass is 79.9. The number of rotatable bonds is 6. The molecule has 0 atom stereocenters. The van der Waals surface area contributed by atoms with Crippen LogP contribution in [-0.2, 0) is 4.79 Å². The van der Waals surface area contributed by atoms with Gasteiger partial charge in [-0.2, -0.15) is 0 Å². The Morgan fingerprint density at radius 2 is 1.74 bits per heavy atom. The van der Waals surface area contributed by atoms with E-state index in [1.807, 2.05) is 51.1 Å². The van der Waals surface area contributed by atoms with Crippen LogP contribution in [0.4, 0.5) is 5.69 Å². The minimum absolute atomic E-state index is 0.0153. The SMILES string of the molecule is Cc1cc(C)cc(NC(=O)CCCOc2ccc(C)cc2Br)c1. The third-order valence-electron chi connectivity index (χ3n) is 3.40. The molecule has 0 saturated carbocycles. The fraction of sp³-hybridized carbons (Fsp3) is 0.316. The summed E-state index contributed by atoms with van der Waals surface area (Å²) in [5.41, 5.74) is 4.33. The molecule has 0 saturated heterocycles. The molecule has 2 rings (SSSR count). The summed E-state index contributed by atoms with van der Waals surface area (Å²) in [5, 5.41) is 2.94. The van der Waals surface area contributed by atoms with Gasteiger partial charge in [0, 0.05) is 12.1 Å². The van der Waals surface area contributed by atoms with Gasteiger partial charge in [0.05, 0.1) is 11.1 Å². The van der Waals surface area contributed by atoms with Crippen LogP contribution >= 0.6 is 15.9 Å². The van der Waals surface area contributed by atoms with Crippen molar-refractivity contribution in [1.29, 1.82) is 0 Å². The molecule has 3 nitrogen and oxygen atoms in total. The lowest BCUT2D eigenvalue weighted by Gasteiger charge is -2.10. The van der Waals surface area contributed by atoms with Gasteiger partial charge < -0.3 is 10.1 Å². The van der Waals surface area contributed by atoms with Crippen molar-refractivity contribution in [3.05, 3.63) is 57.6 Å². The summed E-state index contributed by atoms with van der Waals surface area (Å²) >= 11 is 3.48. The second-order valence-electron chi connectivity index (χ2n) is 5.81. The van der Waals surface area contributed by atoms with Crippen LogP contribution in [0.2, 0.25) is 0 Å². The number of amides is 1. The van der Waals surface area contributed by atoms with Crippen LogP contribution in [0.5, 0.6) is 5.75 Å². The fourth-order valence-corrected chi connectivity index (χ4v) is 3.02. The number of aryl methyl sites for hydroxylation is 3. The number of anilines is 1. The van der Waals surface area contributed by atoms with E-state index in [1.54, 1.807) is 0 Å². The van der Waals surface area contributed by atoms with E-state index in [0.717, 1.165) is 27.0 Å². The predicted octanol–water partition coefficient (Wildman–Crippen LogP) is 5.17. The standard InChI is InChI=1S/C19H22BrNO2/c1-13-6-7-18(17(20)12-13)23-8-4-5-19(22)21-16-10-14(2)9-15(3)11-16/h6-7,9-12H,4-5,8H2,1-3H3,(H,21,22). The Bertz CT molecular complexity index is 678. The summed E-state index contributed by atoms with van der Waals surface area (Å²) in [5.74, 6) is 0.826. The van der Waals surface area contributed by atoms with Gasteiger partial charge in [0.2, 0.25) is 5.91 Å². The van der Waals surface area contributed by atoms with Crippen LogP contribution in [0, 0.1) is 20.8 Å². The van der Waals surface area contributed by atoms with E-state index in [2.05, 4.69) is 27.3 Å². The molecule has 2 aromatic carbocycles. The Balaban J connectivity index is 1.76. The quantitative estimate of drug-likeness (QED) is 0.707. The molecule has 4 heteroatoms. The molecule has 0 unspecified atom stereocenters. The molecule has 23 heavy (non-hydrogen) atoms. The number of carbonyl (C=O) groups is 1. The molecule has 0 aliphatic heterocycles. The van der Waals surface area contributed by atoms with Gasteiger partial charge in [0.15, 0.2) is 0 Å². The predicted molar refractivity (Wildman–Crippen MR) is 98.2 cm³/mol. The fourth-order valence-electron chi connectivity index (χ4n) is 2.41. The summed E-state index contributed by atoms with van der Waals surface area (Å²) in [7, 11) is 0. The van der Waals surface area contributed by atoms with Gasteiger partial charge in [-0.15, -0.1) is 0 Å². The highest BCUT2D eigenvalue weighted by molar-refractivity contribution is 9.10. The Morgan fingerprint density at radius 3 is 2.39 bits per heavy atom. The zero-order valence-corrected chi connectivity index (χ0v) is 15.4. The van der Waals surface area contributed by atoms with E-state index in [1.165, 1.54) is 5.56 Å². The van der Waals surface area contributed by atoms with Crippen molar-refractivity contribution in [3.8, 4) is 5.75 Å². The van der Waals surface area contributed by atoms with Gasteiger partial charge in [-0.3, -0.25) is 4.79 Å². The van der Waals surface area contributed by atoms with E-state index in [4.69, 9.17) is 4.74 Å². The van der Waals surface area contributed by atoms with Crippen molar-refractivity contribution in [2.45, 2.75) is 33.6 Å². The van der Waals surface area contributed by atoms with E-state index < -0.39 is 0 Å². The number of nitrogens with one attached hydrogen (secondary N) is 1. The smallest absolute Gasteiger partial charge is 0.224 e. The van der Waals surface area contributed by atoms with Crippen molar-refractivity contribution in [2.24, 2.45) is 0 Å². The Morgan fingerprint density at radius 1 is 1.04 bits per heavy atom. The largest absolute Gasteiger partial charge is 0.492 e. The molecular formula is C19H22BrNO2. The molecule has 0 bridgehead atoms. The molecule has 0 radical (unpaired) electrons. The summed E-state index contributed by atoms with van der Waals surface area (Å²) in [6, 6.07) is 12.0. The third kappa shape index (κ3) is 5.71. The van der Waals surface area contributed by atoms with Crippen molar-refractivity contribution in [3.63, 3.8) is 0 Å². The lowest BCUT2D eigenvalue weighted by atomic mass is 10.1. The Kier molecular flexibility index (Phi) is 6.22. The highest BCUT2D eigenvalue weighted by Gasteiger charge is 2.05. The minimum Gasteiger partial charge on any atom is -0.492 e. The zero-order chi connectivity index (χ0) is 16.8. The maximum absolute atomic E-state index is 12.0. The van der Waals surface area contributed by atoms with Crippen LogP contribution < -0.4 is 10.1 Å². The van der Waals surface area contributed by atoms with Crippen molar-refractivity contribution in [2.75, 3.05) is 11.9 Å². The van der Waals surface area contributed by atoms with Crippen LogP contribution in [0.3, 0.4) is 0 Å². The van der Waals surface area contributed by atoms with Gasteiger partial charge in [0.25, 0.3) is 0 Å². The normalized spacial score (nSPS) is 10.4. The summed E-state index contributed by atoms with van der Waals surface area (Å²) < 4.78 is 6.65. The maximum atomic E-state index is 12.0. The monoisotopic (exact) mass is 375 g/mol. The van der Waals surface area contributed by atoms with Crippen LogP contribution in [0.1, 0.15) is 29.5 Å². The van der Waals surface area contributed by atoms with Gasteiger partial charge in [-0.25, -0.2) is 0 Å². The number of ether oxygens (including phenoxy) is 1. The first kappa shape index (κ1) is 17.5. The average molecular weight is 376 g/mol. The average Bonchev–Trinajstić information content (AvgIpc) is 2.44. The van der Waals surface area contributed by atoms with Crippen LogP contribution in [0.25, 0.3) is 0 Å². The number of benzene rings is 2. The number of carbonyl (C=O) groups excluding carboxylic acids is 1. The number of hydrogen-bond acceptors (Lipinski definition) is 2. The summed E-state index contributed by atoms with van der Waals surface area (Å²) in [6.07, 6.45) is 1.12. The van der Waals surface area contributed by atoms with Gasteiger partial charge >= 0.3 is 0 Å². The molecule has 1 N–H and O–H groups in total. The Labute approximate surface area is 146 Å². The molecule has 0 aromatic heterocycles. The maximum Gasteiger partial charge on any atom is 0.224 e. The molecule has 0 spiro atoms.